The number of rotatable bonds is 2. The molecule has 0 amide bonds. The minimum absolute atomic E-state index is 0.649. The minimum Gasteiger partial charge on any atom is -0.335 e. The van der Waals surface area contributed by atoms with E-state index >= 15 is 0 Å². The number of nitrogens with zero attached hydrogens (tertiary/aromatic N) is 2. The minimum atomic E-state index is 0.649. The van der Waals surface area contributed by atoms with E-state index in [1.807, 2.05) is 0 Å². The second-order valence-corrected chi connectivity index (χ2v) is 4.90. The van der Waals surface area contributed by atoms with Gasteiger partial charge in [0.15, 0.2) is 0 Å². The zero-order valence-electron chi connectivity index (χ0n) is 9.92. The predicted octanol–water partition coefficient (Wildman–Crippen LogP) is 0.360. The summed E-state index contributed by atoms with van der Waals surface area (Å²) in [6.45, 7) is 3.21. The van der Waals surface area contributed by atoms with Crippen molar-refractivity contribution in [2.75, 3.05) is 13.1 Å². The number of imidazole rings is 1. The maximum atomic E-state index is 4.77. The highest BCUT2D eigenvalue weighted by atomic mass is 15.1. The van der Waals surface area contributed by atoms with Crippen molar-refractivity contribution in [3.63, 3.8) is 0 Å². The van der Waals surface area contributed by atoms with E-state index in [1.165, 1.54) is 36.6 Å². The molecule has 3 rings (SSSR count). The van der Waals surface area contributed by atoms with Crippen LogP contribution < -0.4 is 10.6 Å². The fraction of sp³-hybridized carbons (Fsp3) is 0.750. The second kappa shape index (κ2) is 4.18. The largest absolute Gasteiger partial charge is 0.335 e. The summed E-state index contributed by atoms with van der Waals surface area (Å²) in [6, 6.07) is 0.649. The standard InChI is InChI=1S/C12H20N4/c1-16-11-4-6-13-8-10(11)15-12(16)7-9-3-2-5-14-9/h9,13-14H,2-8H2,1H3. The molecule has 4 nitrogen and oxygen atoms in total. The van der Waals surface area contributed by atoms with Gasteiger partial charge >= 0.3 is 0 Å². The van der Waals surface area contributed by atoms with Gasteiger partial charge in [0, 0.05) is 44.7 Å². The Hall–Kier alpha value is -0.870. The molecule has 1 aromatic heterocycles. The normalized spacial score (nSPS) is 24.7. The molecule has 0 aliphatic carbocycles. The average molecular weight is 220 g/mol. The molecule has 0 aromatic carbocycles. The van der Waals surface area contributed by atoms with Crippen molar-refractivity contribution in [3.8, 4) is 0 Å². The lowest BCUT2D eigenvalue weighted by Crippen LogP contribution is -2.25. The van der Waals surface area contributed by atoms with Crippen molar-refractivity contribution in [2.24, 2.45) is 7.05 Å². The molecule has 0 bridgehead atoms. The van der Waals surface area contributed by atoms with Gasteiger partial charge in [-0.25, -0.2) is 4.98 Å². The summed E-state index contributed by atoms with van der Waals surface area (Å²) in [6.07, 6.45) is 4.83. The highest BCUT2D eigenvalue weighted by Crippen LogP contribution is 2.17. The van der Waals surface area contributed by atoms with Crippen LogP contribution in [-0.2, 0) is 26.4 Å². The second-order valence-electron chi connectivity index (χ2n) is 4.90. The van der Waals surface area contributed by atoms with Crippen LogP contribution in [0, 0.1) is 0 Å². The van der Waals surface area contributed by atoms with Gasteiger partial charge < -0.3 is 15.2 Å². The lowest BCUT2D eigenvalue weighted by molar-refractivity contribution is 0.568. The van der Waals surface area contributed by atoms with Gasteiger partial charge in [0.05, 0.1) is 5.69 Å². The molecule has 1 aromatic rings. The van der Waals surface area contributed by atoms with Crippen molar-refractivity contribution >= 4 is 0 Å². The summed E-state index contributed by atoms with van der Waals surface area (Å²) in [5, 5.41) is 6.93. The van der Waals surface area contributed by atoms with E-state index in [9.17, 15) is 0 Å². The summed E-state index contributed by atoms with van der Waals surface area (Å²) >= 11 is 0. The van der Waals surface area contributed by atoms with Crippen molar-refractivity contribution in [3.05, 3.63) is 17.2 Å². The molecule has 16 heavy (non-hydrogen) atoms. The van der Waals surface area contributed by atoms with Crippen LogP contribution in [-0.4, -0.2) is 28.7 Å². The van der Waals surface area contributed by atoms with Crippen LogP contribution in [0.2, 0.25) is 0 Å². The highest BCUT2D eigenvalue weighted by molar-refractivity contribution is 5.20. The van der Waals surface area contributed by atoms with E-state index in [1.54, 1.807) is 0 Å². The SMILES string of the molecule is Cn1c(CC2CCCN2)nc2c1CCNC2. The summed E-state index contributed by atoms with van der Waals surface area (Å²) in [5.74, 6) is 1.26. The van der Waals surface area contributed by atoms with E-state index in [2.05, 4.69) is 22.2 Å². The number of hydrogen-bond acceptors (Lipinski definition) is 3. The van der Waals surface area contributed by atoms with Crippen molar-refractivity contribution in [2.45, 2.75) is 38.3 Å². The fourth-order valence-electron chi connectivity index (χ4n) is 2.85. The van der Waals surface area contributed by atoms with Gasteiger partial charge in [0.25, 0.3) is 0 Å². The molecule has 0 spiro atoms. The molecule has 2 aliphatic rings. The third-order valence-corrected chi connectivity index (χ3v) is 3.81. The number of hydrogen-bond donors (Lipinski definition) is 2. The third kappa shape index (κ3) is 1.76. The Morgan fingerprint density at radius 1 is 1.44 bits per heavy atom. The average Bonchev–Trinajstić information content (AvgIpc) is 2.90. The molecule has 2 aliphatic heterocycles. The molecule has 1 atom stereocenters. The molecule has 2 N–H and O–H groups in total. The Kier molecular flexibility index (Phi) is 2.69. The Balaban J connectivity index is 1.81. The zero-order chi connectivity index (χ0) is 11.0. The zero-order valence-corrected chi connectivity index (χ0v) is 9.92. The maximum Gasteiger partial charge on any atom is 0.110 e. The van der Waals surface area contributed by atoms with Gasteiger partial charge in [-0.15, -0.1) is 0 Å². The molecule has 88 valence electrons. The number of nitrogens with one attached hydrogen (secondary N) is 2. The summed E-state index contributed by atoms with van der Waals surface area (Å²) < 4.78 is 2.32. The molecule has 1 fully saturated rings. The van der Waals surface area contributed by atoms with Crippen LogP contribution >= 0.6 is 0 Å². The summed E-state index contributed by atoms with van der Waals surface area (Å²) in [5.41, 5.74) is 2.70. The first-order valence-corrected chi connectivity index (χ1v) is 6.32. The van der Waals surface area contributed by atoms with Crippen molar-refractivity contribution < 1.29 is 0 Å². The molecule has 3 heterocycles. The van der Waals surface area contributed by atoms with Gasteiger partial charge in [-0.3, -0.25) is 0 Å². The van der Waals surface area contributed by atoms with E-state index in [4.69, 9.17) is 4.98 Å². The van der Waals surface area contributed by atoms with E-state index in [0.717, 1.165) is 25.9 Å². The monoisotopic (exact) mass is 220 g/mol. The van der Waals surface area contributed by atoms with Crippen LogP contribution in [0.3, 0.4) is 0 Å². The van der Waals surface area contributed by atoms with Gasteiger partial charge in [0.2, 0.25) is 0 Å². The quantitative estimate of drug-likeness (QED) is 0.756. The van der Waals surface area contributed by atoms with Crippen LogP contribution in [0.25, 0.3) is 0 Å². The van der Waals surface area contributed by atoms with Gasteiger partial charge in [-0.2, -0.15) is 0 Å². The molecule has 1 saturated heterocycles. The predicted molar refractivity (Wildman–Crippen MR) is 63.3 cm³/mol. The first-order chi connectivity index (χ1) is 7.84. The lowest BCUT2D eigenvalue weighted by Gasteiger charge is -2.13. The third-order valence-electron chi connectivity index (χ3n) is 3.81. The summed E-state index contributed by atoms with van der Waals surface area (Å²) in [4.78, 5) is 4.77. The molecule has 0 saturated carbocycles. The fourth-order valence-corrected chi connectivity index (χ4v) is 2.85. The van der Waals surface area contributed by atoms with E-state index in [-0.39, 0.29) is 0 Å². The smallest absolute Gasteiger partial charge is 0.110 e. The van der Waals surface area contributed by atoms with Gasteiger partial charge in [0.1, 0.15) is 5.82 Å². The molecule has 1 unspecified atom stereocenters. The lowest BCUT2D eigenvalue weighted by atomic mass is 10.1. The van der Waals surface area contributed by atoms with E-state index in [0.29, 0.717) is 6.04 Å². The number of fused-ring (bicyclic) bond motifs is 1. The van der Waals surface area contributed by atoms with Crippen LogP contribution in [0.5, 0.6) is 0 Å². The van der Waals surface area contributed by atoms with E-state index < -0.39 is 0 Å². The summed E-state index contributed by atoms with van der Waals surface area (Å²) in [7, 11) is 2.17. The number of aromatic nitrogens is 2. The molecule has 0 radical (unpaired) electrons. The maximum absolute atomic E-state index is 4.77. The first-order valence-electron chi connectivity index (χ1n) is 6.32. The molecular weight excluding hydrogens is 200 g/mol. The van der Waals surface area contributed by atoms with Crippen LogP contribution in [0.15, 0.2) is 0 Å². The van der Waals surface area contributed by atoms with Crippen molar-refractivity contribution in [1.82, 2.24) is 20.2 Å². The molecule has 4 heteroatoms. The van der Waals surface area contributed by atoms with Crippen molar-refractivity contribution in [1.29, 1.82) is 0 Å². The molecular formula is C12H20N4. The first kappa shape index (κ1) is 10.3. The van der Waals surface area contributed by atoms with Gasteiger partial charge in [-0.05, 0) is 19.4 Å². The Bertz CT molecular complexity index is 377. The Labute approximate surface area is 96.4 Å². The highest BCUT2D eigenvalue weighted by Gasteiger charge is 2.21. The van der Waals surface area contributed by atoms with Crippen LogP contribution in [0.4, 0.5) is 0 Å². The Morgan fingerprint density at radius 3 is 3.12 bits per heavy atom. The van der Waals surface area contributed by atoms with Gasteiger partial charge in [-0.1, -0.05) is 0 Å². The topological polar surface area (TPSA) is 41.9 Å². The Morgan fingerprint density at radius 2 is 2.38 bits per heavy atom. The van der Waals surface area contributed by atoms with Crippen LogP contribution in [0.1, 0.15) is 30.1 Å².